The summed E-state index contributed by atoms with van der Waals surface area (Å²) < 4.78 is 0. The molecule has 0 heterocycles. The van der Waals surface area contributed by atoms with Gasteiger partial charge in [0.2, 0.25) is 0 Å². The Bertz CT molecular complexity index is 6380. The van der Waals surface area contributed by atoms with Gasteiger partial charge in [-0.1, -0.05) is 249 Å². The Balaban J connectivity index is 0.000000130. The van der Waals surface area contributed by atoms with Crippen LogP contribution in [0.5, 0.6) is 0 Å². The quantitative estimate of drug-likeness (QED) is 0.0842. The van der Waals surface area contributed by atoms with Crippen molar-refractivity contribution in [3.63, 3.8) is 0 Å². The Labute approximate surface area is 673 Å². The van der Waals surface area contributed by atoms with E-state index in [1.165, 1.54) is 65.7 Å². The summed E-state index contributed by atoms with van der Waals surface area (Å²) >= 11 is 0. The molecule has 8 nitrogen and oxygen atoms in total. The average Bonchev–Trinajstić information content (AvgIpc) is 0.793. The topological polar surface area (TPSA) is 67.0 Å². The van der Waals surface area contributed by atoms with Crippen molar-refractivity contribution < 1.29 is 0 Å². The van der Waals surface area contributed by atoms with Gasteiger partial charge in [0.25, 0.3) is 0 Å². The van der Waals surface area contributed by atoms with Gasteiger partial charge in [-0.25, -0.2) is 0 Å². The highest BCUT2D eigenvalue weighted by molar-refractivity contribution is 6.00. The molecule has 0 spiro atoms. The second-order valence-electron chi connectivity index (χ2n) is 28.2. The minimum atomic E-state index is 0.650. The second-order valence-corrected chi connectivity index (χ2v) is 28.2. The van der Waals surface area contributed by atoms with Gasteiger partial charge < -0.3 is 29.4 Å². The molecule has 0 saturated carbocycles. The van der Waals surface area contributed by atoms with Crippen molar-refractivity contribution in [3.05, 3.63) is 454 Å². The van der Waals surface area contributed by atoms with Crippen molar-refractivity contribution >= 4 is 118 Å². The van der Waals surface area contributed by atoms with E-state index in [0.29, 0.717) is 11.1 Å². The molecule has 0 radical (unpaired) electrons. The molecule has 18 rings (SSSR count). The standard InChI is InChI=1S/2C36H27N3.C35H28N2/c1-38(35-13-7-8-27(24-35)26-37)32-20-22-34(23-21-32)39(36-19-16-29-11-5-6-12-31(29)25-36)33-17-14-30(15-18-33)28-9-3-2-4-10-28;1-38(32-16-11-27(26-37)12-17-32)33-21-23-35(24-22-33)39(36-20-15-29-9-5-6-10-31(29)25-36)34-18-13-30(14-19-34)28-7-3-2-4-8-28;1-36(30-17-6-3-7-18-30)31-22-24-32(25-23-31)37(35-21-11-15-28-14-8-9-20-34(28)35)33-19-10-16-29(26-33)27-12-4-2-5-13-27/h2*2-25H,1H3;2-26H,1H3. The third-order valence-corrected chi connectivity index (χ3v) is 21.0. The molecule has 550 valence electrons. The molecule has 0 aromatic heterocycles. The molecule has 115 heavy (non-hydrogen) atoms. The van der Waals surface area contributed by atoms with Crippen LogP contribution in [0.25, 0.3) is 65.7 Å². The highest BCUT2D eigenvalue weighted by Gasteiger charge is 2.20. The van der Waals surface area contributed by atoms with Crippen LogP contribution in [-0.4, -0.2) is 21.1 Å². The van der Waals surface area contributed by atoms with Crippen molar-refractivity contribution in [1.29, 1.82) is 10.5 Å². The molecule has 0 aliphatic rings. The largest absolute Gasteiger partial charge is 0.345 e. The third-order valence-electron chi connectivity index (χ3n) is 21.0. The Morgan fingerprint density at radius 1 is 0.174 bits per heavy atom. The Kier molecular flexibility index (Phi) is 22.2. The number of para-hydroxylation sites is 1. The fraction of sp³-hybridized carbons (Fsp3) is 0.0280. The monoisotopic (exact) mass is 1480 g/mol. The molecule has 0 aliphatic heterocycles. The number of hydrogen-bond donors (Lipinski definition) is 0. The van der Waals surface area contributed by atoms with Crippen LogP contribution in [0, 0.1) is 22.7 Å². The maximum absolute atomic E-state index is 9.30. The lowest BCUT2D eigenvalue weighted by Gasteiger charge is -2.28. The van der Waals surface area contributed by atoms with E-state index in [-0.39, 0.29) is 0 Å². The van der Waals surface area contributed by atoms with Crippen molar-refractivity contribution in [2.45, 2.75) is 0 Å². The molecule has 8 heteroatoms. The first-order chi connectivity index (χ1) is 56.7. The summed E-state index contributed by atoms with van der Waals surface area (Å²) in [5.41, 5.74) is 24.9. The molecule has 18 aromatic rings. The van der Waals surface area contributed by atoms with Gasteiger partial charge in [-0.3, -0.25) is 0 Å². The van der Waals surface area contributed by atoms with Gasteiger partial charge in [-0.05, 0) is 254 Å². The van der Waals surface area contributed by atoms with E-state index < -0.39 is 0 Å². The van der Waals surface area contributed by atoms with E-state index in [1.807, 2.05) is 80.8 Å². The Morgan fingerprint density at radius 3 is 0.922 bits per heavy atom. The zero-order chi connectivity index (χ0) is 78.2. The zero-order valence-corrected chi connectivity index (χ0v) is 64.2. The lowest BCUT2D eigenvalue weighted by atomic mass is 10.0. The summed E-state index contributed by atoms with van der Waals surface area (Å²) in [6, 6.07) is 159. The van der Waals surface area contributed by atoms with Gasteiger partial charge >= 0.3 is 0 Å². The molecule has 0 amide bonds. The van der Waals surface area contributed by atoms with Gasteiger partial charge in [0.1, 0.15) is 0 Å². The van der Waals surface area contributed by atoms with Crippen LogP contribution in [0.3, 0.4) is 0 Å². The molecule has 0 saturated heterocycles. The van der Waals surface area contributed by atoms with Crippen LogP contribution in [0.15, 0.2) is 443 Å². The van der Waals surface area contributed by atoms with Crippen LogP contribution in [0.2, 0.25) is 0 Å². The first kappa shape index (κ1) is 73.7. The van der Waals surface area contributed by atoms with E-state index >= 15 is 0 Å². The summed E-state index contributed by atoms with van der Waals surface area (Å²) in [5, 5.41) is 25.7. The minimum Gasteiger partial charge on any atom is -0.345 e. The van der Waals surface area contributed by atoms with Gasteiger partial charge in [0.05, 0.1) is 29.0 Å². The molecule has 18 aromatic carbocycles. The van der Waals surface area contributed by atoms with Gasteiger partial charge in [0, 0.05) is 106 Å². The van der Waals surface area contributed by atoms with E-state index in [0.717, 1.165) is 85.3 Å². The van der Waals surface area contributed by atoms with Crippen LogP contribution >= 0.6 is 0 Å². The predicted octanol–water partition coefficient (Wildman–Crippen LogP) is 29.0. The summed E-state index contributed by atoms with van der Waals surface area (Å²) in [6.07, 6.45) is 0. The number of anilines is 15. The average molecular weight is 1480 g/mol. The zero-order valence-electron chi connectivity index (χ0n) is 64.2. The van der Waals surface area contributed by atoms with Crippen molar-refractivity contribution in [1.82, 2.24) is 0 Å². The highest BCUT2D eigenvalue weighted by atomic mass is 15.2. The fourth-order valence-electron chi connectivity index (χ4n) is 14.8. The third kappa shape index (κ3) is 16.8. The first-order valence-electron chi connectivity index (χ1n) is 38.6. The van der Waals surface area contributed by atoms with Gasteiger partial charge in [-0.2, -0.15) is 10.5 Å². The molecule has 0 unspecified atom stereocenters. The number of fused-ring (bicyclic) bond motifs is 3. The Morgan fingerprint density at radius 2 is 0.461 bits per heavy atom. The predicted molar refractivity (Wildman–Crippen MR) is 485 cm³/mol. The van der Waals surface area contributed by atoms with E-state index in [1.54, 1.807) is 0 Å². The first-order valence-corrected chi connectivity index (χ1v) is 38.6. The molecule has 0 atom stereocenters. The molecule has 0 N–H and O–H groups in total. The Hall–Kier alpha value is -15.5. The molecule has 0 bridgehead atoms. The highest BCUT2D eigenvalue weighted by Crippen LogP contribution is 2.44. The van der Waals surface area contributed by atoms with Crippen LogP contribution < -0.4 is 29.4 Å². The number of benzene rings is 18. The smallest absolute Gasteiger partial charge is 0.0992 e. The SMILES string of the molecule is CN(c1ccc(C#N)cc1)c1ccc(N(c2ccc(-c3ccccc3)cc2)c2ccc3ccccc3c2)cc1.CN(c1ccc(N(c2ccc(-c3ccccc3)cc2)c2ccc3ccccc3c2)cc1)c1cccc(C#N)c1.CN(c1ccccc1)c1ccc(N(c2cccc(-c3ccccc3)c2)c2cccc3ccccc23)cc1. The fourth-order valence-corrected chi connectivity index (χ4v) is 14.8. The minimum absolute atomic E-state index is 0.650. The lowest BCUT2D eigenvalue weighted by Crippen LogP contribution is -2.12. The summed E-state index contributed by atoms with van der Waals surface area (Å²) in [7, 11) is 6.17. The molecule has 0 fully saturated rings. The maximum Gasteiger partial charge on any atom is 0.0992 e. The summed E-state index contributed by atoms with van der Waals surface area (Å²) in [6.45, 7) is 0. The van der Waals surface area contributed by atoms with E-state index in [9.17, 15) is 5.26 Å². The van der Waals surface area contributed by atoms with Crippen molar-refractivity contribution in [3.8, 4) is 45.5 Å². The molecular formula is C107H82N8. The van der Waals surface area contributed by atoms with E-state index in [4.69, 9.17) is 5.26 Å². The summed E-state index contributed by atoms with van der Waals surface area (Å²) in [5.74, 6) is 0. The van der Waals surface area contributed by atoms with Crippen LogP contribution in [0.4, 0.5) is 85.3 Å². The van der Waals surface area contributed by atoms with Crippen LogP contribution in [-0.2, 0) is 0 Å². The van der Waals surface area contributed by atoms with Crippen molar-refractivity contribution in [2.24, 2.45) is 0 Å². The number of hydrogen-bond acceptors (Lipinski definition) is 8. The maximum atomic E-state index is 9.30. The number of nitrogens with zero attached hydrogens (tertiary/aromatic N) is 8. The lowest BCUT2D eigenvalue weighted by molar-refractivity contribution is 1.20. The van der Waals surface area contributed by atoms with Gasteiger partial charge in [0.15, 0.2) is 0 Å². The van der Waals surface area contributed by atoms with E-state index in [2.05, 4.69) is 425 Å². The second kappa shape index (κ2) is 34.6. The summed E-state index contributed by atoms with van der Waals surface area (Å²) in [4.78, 5) is 13.4. The number of nitriles is 2. The van der Waals surface area contributed by atoms with Crippen molar-refractivity contribution in [2.75, 3.05) is 50.5 Å². The number of rotatable bonds is 18. The van der Waals surface area contributed by atoms with Gasteiger partial charge in [-0.15, -0.1) is 0 Å². The molecule has 0 aliphatic carbocycles. The normalized spacial score (nSPS) is 10.7. The van der Waals surface area contributed by atoms with Crippen LogP contribution in [0.1, 0.15) is 11.1 Å². The molecular weight excluding hydrogens is 1400 g/mol.